The first kappa shape index (κ1) is 29.4. The van der Waals surface area contributed by atoms with Gasteiger partial charge in [0.2, 0.25) is 0 Å². The Hall–Kier alpha value is -5.18. The van der Waals surface area contributed by atoms with Gasteiger partial charge in [0.15, 0.2) is 17.1 Å². The van der Waals surface area contributed by atoms with Crippen LogP contribution >= 0.6 is 0 Å². The molecule has 40 heavy (non-hydrogen) atoms. The van der Waals surface area contributed by atoms with Crippen LogP contribution in [0.5, 0.6) is 17.2 Å². The van der Waals surface area contributed by atoms with Crippen molar-refractivity contribution in [2.75, 3.05) is 0 Å². The molecule has 0 saturated heterocycles. The third kappa shape index (κ3) is 6.27. The Morgan fingerprint density at radius 2 is 0.625 bits per heavy atom. The normalized spacial score (nSPS) is 9.90. The zero-order valence-electron chi connectivity index (χ0n) is 20.7. The third-order valence-electron chi connectivity index (χ3n) is 5.91. The summed E-state index contributed by atoms with van der Waals surface area (Å²) >= 11 is 0. The molecule has 0 saturated carbocycles. The van der Waals surface area contributed by atoms with Crippen molar-refractivity contribution in [1.29, 1.82) is 0 Å². The smallest absolute Gasteiger partial charge is 0.157 e. The fourth-order valence-corrected chi connectivity index (χ4v) is 4.02. The minimum absolute atomic E-state index is 0. The number of nitroso groups, excluding NO2 is 3. The molecule has 0 aliphatic carbocycles. The molecule has 1 radical (unpaired) electrons. The second-order valence-electron chi connectivity index (χ2n) is 8.24. The van der Waals surface area contributed by atoms with Gasteiger partial charge in [-0.15, -0.1) is 14.7 Å². The predicted molar refractivity (Wildman–Crippen MR) is 153 cm³/mol. The summed E-state index contributed by atoms with van der Waals surface area (Å²) in [7, 11) is 0. The Bertz CT molecular complexity index is 1620. The van der Waals surface area contributed by atoms with Gasteiger partial charge in [-0.25, -0.2) is 0 Å². The van der Waals surface area contributed by atoms with E-state index in [9.17, 15) is 30.0 Å². The molecule has 0 bridgehead atoms. The van der Waals surface area contributed by atoms with E-state index in [1.807, 2.05) is 36.4 Å². The Balaban J connectivity index is 0.000000163. The van der Waals surface area contributed by atoms with E-state index in [2.05, 4.69) is 15.5 Å². The fraction of sp³-hybridized carbons (Fsp3) is 0. The summed E-state index contributed by atoms with van der Waals surface area (Å²) in [5, 5.41) is 41.1. The van der Waals surface area contributed by atoms with Gasteiger partial charge in [-0.3, -0.25) is 0 Å². The Labute approximate surface area is 238 Å². The van der Waals surface area contributed by atoms with Gasteiger partial charge in [0.05, 0.1) is 0 Å². The summed E-state index contributed by atoms with van der Waals surface area (Å²) in [5.41, 5.74) is 0.328. The molecule has 0 fully saturated rings. The van der Waals surface area contributed by atoms with E-state index in [-0.39, 0.29) is 51.4 Å². The predicted octanol–water partition coefficient (Wildman–Crippen LogP) is 8.83. The van der Waals surface area contributed by atoms with Crippen LogP contribution in [0.4, 0.5) is 17.1 Å². The molecule has 10 heteroatoms. The van der Waals surface area contributed by atoms with Crippen molar-refractivity contribution < 1.29 is 32.4 Å². The van der Waals surface area contributed by atoms with Crippen LogP contribution in [0.2, 0.25) is 0 Å². The SMILES string of the molecule is O=Nc1c(O)ccc2ccccc12.O=Nc1c(O)ccc2ccccc12.O=Nc1c(O)ccc2ccccc12.[Mn]. The van der Waals surface area contributed by atoms with Gasteiger partial charge in [0, 0.05) is 33.2 Å². The molecule has 0 atom stereocenters. The minimum Gasteiger partial charge on any atom is -0.506 e. The van der Waals surface area contributed by atoms with Crippen LogP contribution < -0.4 is 0 Å². The molecule has 6 aromatic carbocycles. The topological polar surface area (TPSA) is 149 Å². The van der Waals surface area contributed by atoms with Crippen LogP contribution in [0.25, 0.3) is 32.3 Å². The molecule has 0 heterocycles. The first-order valence-electron chi connectivity index (χ1n) is 11.6. The summed E-state index contributed by atoms with van der Waals surface area (Å²) in [6, 6.07) is 31.5. The average molecular weight is 574 g/mol. The van der Waals surface area contributed by atoms with Gasteiger partial charge < -0.3 is 15.3 Å². The van der Waals surface area contributed by atoms with E-state index in [1.165, 1.54) is 18.2 Å². The van der Waals surface area contributed by atoms with Gasteiger partial charge in [-0.05, 0) is 49.9 Å². The number of benzene rings is 6. The molecular weight excluding hydrogens is 553 g/mol. The molecule has 0 unspecified atom stereocenters. The number of fused-ring (bicyclic) bond motifs is 3. The summed E-state index contributed by atoms with van der Waals surface area (Å²) in [6.45, 7) is 0. The molecular formula is C30H21MnN3O6. The van der Waals surface area contributed by atoms with Gasteiger partial charge in [-0.1, -0.05) is 91.0 Å². The number of phenolic OH excluding ortho intramolecular Hbond substituents is 3. The zero-order chi connectivity index (χ0) is 27.8. The van der Waals surface area contributed by atoms with Crippen molar-refractivity contribution in [3.8, 4) is 17.2 Å². The quantitative estimate of drug-likeness (QED) is 0.142. The number of hydrogen-bond acceptors (Lipinski definition) is 9. The molecule has 199 valence electrons. The van der Waals surface area contributed by atoms with Crippen LogP contribution in [0.3, 0.4) is 0 Å². The van der Waals surface area contributed by atoms with Crippen LogP contribution in [-0.4, -0.2) is 15.3 Å². The Morgan fingerprint density at radius 1 is 0.375 bits per heavy atom. The van der Waals surface area contributed by atoms with Crippen LogP contribution in [-0.2, 0) is 17.1 Å². The largest absolute Gasteiger partial charge is 0.506 e. The molecule has 0 aromatic heterocycles. The van der Waals surface area contributed by atoms with Crippen molar-refractivity contribution in [3.63, 3.8) is 0 Å². The summed E-state index contributed by atoms with van der Waals surface area (Å²) < 4.78 is 0. The number of aromatic hydroxyl groups is 3. The average Bonchev–Trinajstić information content (AvgIpc) is 2.98. The van der Waals surface area contributed by atoms with Crippen molar-refractivity contribution >= 4 is 49.4 Å². The first-order valence-corrected chi connectivity index (χ1v) is 11.6. The molecule has 6 rings (SSSR count). The monoisotopic (exact) mass is 574 g/mol. The van der Waals surface area contributed by atoms with Crippen LogP contribution in [0, 0.1) is 14.7 Å². The number of nitrogens with zero attached hydrogens (tertiary/aromatic N) is 3. The van der Waals surface area contributed by atoms with E-state index >= 15 is 0 Å². The van der Waals surface area contributed by atoms with E-state index in [0.29, 0.717) is 16.2 Å². The van der Waals surface area contributed by atoms with Crippen LogP contribution in [0.1, 0.15) is 0 Å². The Kier molecular flexibility index (Phi) is 9.96. The zero-order valence-corrected chi connectivity index (χ0v) is 21.9. The van der Waals surface area contributed by atoms with Gasteiger partial charge in [-0.2, -0.15) is 0 Å². The van der Waals surface area contributed by atoms with E-state index < -0.39 is 0 Å². The molecule has 0 amide bonds. The number of phenols is 3. The molecule has 0 aliphatic rings. The fourth-order valence-electron chi connectivity index (χ4n) is 4.02. The molecule has 6 aromatic rings. The Morgan fingerprint density at radius 3 is 0.875 bits per heavy atom. The molecule has 3 N–H and O–H groups in total. The van der Waals surface area contributed by atoms with E-state index in [0.717, 1.165) is 16.2 Å². The van der Waals surface area contributed by atoms with Crippen molar-refractivity contribution in [2.24, 2.45) is 15.5 Å². The maximum atomic E-state index is 10.4. The van der Waals surface area contributed by atoms with E-state index in [4.69, 9.17) is 0 Å². The second kappa shape index (κ2) is 13.6. The van der Waals surface area contributed by atoms with Crippen LogP contribution in [0.15, 0.2) is 125 Å². The second-order valence-corrected chi connectivity index (χ2v) is 8.24. The van der Waals surface area contributed by atoms with Gasteiger partial charge in [0.25, 0.3) is 0 Å². The number of rotatable bonds is 3. The summed E-state index contributed by atoms with van der Waals surface area (Å²) in [5.74, 6) is -0.226. The van der Waals surface area contributed by atoms with Gasteiger partial charge in [0.1, 0.15) is 17.2 Å². The minimum atomic E-state index is -0.0753. The summed E-state index contributed by atoms with van der Waals surface area (Å²) in [4.78, 5) is 31.3. The maximum absolute atomic E-state index is 10.4. The van der Waals surface area contributed by atoms with Crippen molar-refractivity contribution in [2.45, 2.75) is 0 Å². The maximum Gasteiger partial charge on any atom is 0.157 e. The van der Waals surface area contributed by atoms with Gasteiger partial charge >= 0.3 is 0 Å². The third-order valence-corrected chi connectivity index (χ3v) is 5.91. The van der Waals surface area contributed by atoms with Crippen molar-refractivity contribution in [3.05, 3.63) is 124 Å². The molecule has 9 nitrogen and oxygen atoms in total. The number of hydrogen-bond donors (Lipinski definition) is 3. The standard InChI is InChI=1S/3C10H7NO2.Mn/c3*12-9-6-5-7-3-1-2-4-8(7)10(9)11-13;/h3*1-6,12H;. The van der Waals surface area contributed by atoms with Crippen molar-refractivity contribution in [1.82, 2.24) is 0 Å². The summed E-state index contributed by atoms with van der Waals surface area (Å²) in [6.07, 6.45) is 0. The molecule has 0 spiro atoms. The molecule has 0 aliphatic heterocycles. The first-order chi connectivity index (χ1) is 19.0. The van der Waals surface area contributed by atoms with E-state index in [1.54, 1.807) is 54.6 Å².